The lowest BCUT2D eigenvalue weighted by Gasteiger charge is -1.69. The predicted octanol–water partition coefficient (Wildman–Crippen LogP) is 2.74. The van der Waals surface area contributed by atoms with Gasteiger partial charge in [0.2, 0.25) is 0 Å². The Morgan fingerprint density at radius 1 is 1.20 bits per heavy atom. The molecule has 0 bridgehead atoms. The highest BCUT2D eigenvalue weighted by molar-refractivity contribution is 4.97. The lowest BCUT2D eigenvalue weighted by atomic mass is 10.5. The number of hydrogen-bond donors (Lipinski definition) is 1. The van der Waals surface area contributed by atoms with Crippen molar-refractivity contribution in [2.75, 3.05) is 6.54 Å². The molecule has 0 saturated heterocycles. The number of nitrogens with two attached hydrogens (primary N) is 1. The van der Waals surface area contributed by atoms with E-state index in [1.807, 2.05) is 39.8 Å². The summed E-state index contributed by atoms with van der Waals surface area (Å²) < 4.78 is 0. The van der Waals surface area contributed by atoms with Gasteiger partial charge in [0.1, 0.15) is 0 Å². The molecule has 0 spiro atoms. The molecule has 0 aromatic carbocycles. The Hall–Kier alpha value is -0.560. The smallest absolute Gasteiger partial charge is 0.0109 e. The fourth-order valence-corrected chi connectivity index (χ4v) is 0.175. The summed E-state index contributed by atoms with van der Waals surface area (Å²) in [6.07, 6.45) is 5.36. The van der Waals surface area contributed by atoms with Crippen LogP contribution < -0.4 is 5.73 Å². The molecule has 0 radical (unpaired) electrons. The normalized spacial score (nSPS) is 6.90. The monoisotopic (exact) mass is 143 g/mol. The molecule has 0 aliphatic carbocycles. The minimum Gasteiger partial charge on any atom is -0.327 e. The van der Waals surface area contributed by atoms with Crippen molar-refractivity contribution in [3.63, 3.8) is 0 Å². The molecular weight excluding hydrogens is 122 g/mol. The molecule has 1 nitrogen and oxygen atoms in total. The van der Waals surface area contributed by atoms with Gasteiger partial charge in [-0.1, -0.05) is 52.5 Å². The Bertz CT molecular complexity index is 55.7. The van der Waals surface area contributed by atoms with Crippen LogP contribution in [-0.2, 0) is 0 Å². The fraction of sp³-hybridized carbons (Fsp3) is 0.556. The van der Waals surface area contributed by atoms with Crippen LogP contribution in [0.25, 0.3) is 0 Å². The second kappa shape index (κ2) is 39.5. The van der Waals surface area contributed by atoms with Crippen LogP contribution >= 0.6 is 0 Å². The van der Waals surface area contributed by atoms with E-state index in [1.54, 1.807) is 6.08 Å². The number of allylic oxidation sites excluding steroid dienone is 2. The first-order chi connectivity index (χ1) is 4.91. The first-order valence-electron chi connectivity index (χ1n) is 3.89. The maximum absolute atomic E-state index is 5.08. The summed E-state index contributed by atoms with van der Waals surface area (Å²) in [6.45, 7) is 12.1. The summed E-state index contributed by atoms with van der Waals surface area (Å²) in [7, 11) is 0. The van der Waals surface area contributed by atoms with E-state index < -0.39 is 0 Å². The Morgan fingerprint density at radius 2 is 1.60 bits per heavy atom. The van der Waals surface area contributed by atoms with Crippen molar-refractivity contribution >= 4 is 0 Å². The van der Waals surface area contributed by atoms with Gasteiger partial charge in [-0.05, 0) is 0 Å². The zero-order chi connectivity index (χ0) is 8.83. The summed E-state index contributed by atoms with van der Waals surface area (Å²) in [5.41, 5.74) is 5.08. The van der Waals surface area contributed by atoms with Gasteiger partial charge in [0.05, 0.1) is 0 Å². The van der Waals surface area contributed by atoms with Gasteiger partial charge in [0.15, 0.2) is 0 Å². The number of rotatable bonds is 2. The second-order valence-corrected chi connectivity index (χ2v) is 0.900. The lowest BCUT2D eigenvalue weighted by molar-refractivity contribution is 1.25. The summed E-state index contributed by atoms with van der Waals surface area (Å²) >= 11 is 0. The fourth-order valence-electron chi connectivity index (χ4n) is 0.175. The van der Waals surface area contributed by atoms with Crippen molar-refractivity contribution in [3.05, 3.63) is 24.8 Å². The van der Waals surface area contributed by atoms with Gasteiger partial charge in [0, 0.05) is 6.54 Å². The van der Waals surface area contributed by atoms with E-state index in [0.29, 0.717) is 6.54 Å². The molecule has 0 aliphatic heterocycles. The van der Waals surface area contributed by atoms with Crippen molar-refractivity contribution in [2.45, 2.75) is 27.7 Å². The van der Waals surface area contributed by atoms with Gasteiger partial charge >= 0.3 is 0 Å². The third-order valence-electron chi connectivity index (χ3n) is 0.408. The van der Waals surface area contributed by atoms with Crippen LogP contribution in [0.1, 0.15) is 27.7 Å². The molecule has 0 aromatic heterocycles. The van der Waals surface area contributed by atoms with Gasteiger partial charge in [-0.2, -0.15) is 0 Å². The molecule has 0 saturated carbocycles. The zero-order valence-electron chi connectivity index (χ0n) is 7.72. The van der Waals surface area contributed by atoms with Gasteiger partial charge < -0.3 is 5.73 Å². The molecule has 10 heavy (non-hydrogen) atoms. The van der Waals surface area contributed by atoms with E-state index in [9.17, 15) is 0 Å². The molecule has 2 N–H and O–H groups in total. The van der Waals surface area contributed by atoms with Crippen LogP contribution in [0.4, 0.5) is 0 Å². The molecule has 0 unspecified atom stereocenters. The van der Waals surface area contributed by atoms with Crippen LogP contribution in [-0.4, -0.2) is 6.54 Å². The SMILES string of the molecule is C=C/C=C/CN.CC.CC. The zero-order valence-corrected chi connectivity index (χ0v) is 7.72. The van der Waals surface area contributed by atoms with Crippen molar-refractivity contribution < 1.29 is 0 Å². The van der Waals surface area contributed by atoms with E-state index in [2.05, 4.69) is 6.58 Å². The third-order valence-corrected chi connectivity index (χ3v) is 0.408. The van der Waals surface area contributed by atoms with Crippen LogP contribution in [0.5, 0.6) is 0 Å². The highest BCUT2D eigenvalue weighted by Crippen LogP contribution is 1.65. The molecule has 0 aliphatic rings. The van der Waals surface area contributed by atoms with E-state index in [-0.39, 0.29) is 0 Å². The van der Waals surface area contributed by atoms with E-state index in [0.717, 1.165) is 0 Å². The first-order valence-corrected chi connectivity index (χ1v) is 3.89. The molecule has 0 heterocycles. The molecule has 0 amide bonds. The summed E-state index contributed by atoms with van der Waals surface area (Å²) in [4.78, 5) is 0. The van der Waals surface area contributed by atoms with Crippen molar-refractivity contribution in [1.82, 2.24) is 0 Å². The topological polar surface area (TPSA) is 26.0 Å². The Kier molecular flexibility index (Phi) is 64.0. The molecule has 0 aromatic rings. The van der Waals surface area contributed by atoms with Crippen LogP contribution in [0.15, 0.2) is 24.8 Å². The van der Waals surface area contributed by atoms with E-state index in [4.69, 9.17) is 5.73 Å². The lowest BCUT2D eigenvalue weighted by Crippen LogP contribution is -1.91. The summed E-state index contributed by atoms with van der Waals surface area (Å²) in [6, 6.07) is 0. The maximum Gasteiger partial charge on any atom is 0.0109 e. The van der Waals surface area contributed by atoms with Gasteiger partial charge in [-0.25, -0.2) is 0 Å². The average Bonchev–Trinajstić information content (AvgIpc) is 2.08. The van der Waals surface area contributed by atoms with Crippen LogP contribution in [0.2, 0.25) is 0 Å². The summed E-state index contributed by atoms with van der Waals surface area (Å²) in [5, 5.41) is 0. The molecule has 62 valence electrons. The Labute approximate surface area is 65.6 Å². The minimum absolute atomic E-state index is 0.603. The minimum atomic E-state index is 0.603. The van der Waals surface area contributed by atoms with Gasteiger partial charge in [0.25, 0.3) is 0 Å². The molecule has 0 fully saturated rings. The first kappa shape index (κ1) is 16.2. The van der Waals surface area contributed by atoms with Crippen molar-refractivity contribution in [1.29, 1.82) is 0 Å². The Morgan fingerprint density at radius 3 is 1.70 bits per heavy atom. The van der Waals surface area contributed by atoms with Gasteiger partial charge in [-0.15, -0.1) is 0 Å². The van der Waals surface area contributed by atoms with Crippen LogP contribution in [0.3, 0.4) is 0 Å². The van der Waals surface area contributed by atoms with Crippen LogP contribution in [0, 0.1) is 0 Å². The average molecular weight is 143 g/mol. The molecular formula is C9H21N. The van der Waals surface area contributed by atoms with E-state index in [1.165, 1.54) is 0 Å². The van der Waals surface area contributed by atoms with E-state index >= 15 is 0 Å². The van der Waals surface area contributed by atoms with Crippen molar-refractivity contribution in [3.8, 4) is 0 Å². The highest BCUT2D eigenvalue weighted by atomic mass is 14.5. The van der Waals surface area contributed by atoms with Gasteiger partial charge in [-0.3, -0.25) is 0 Å². The maximum atomic E-state index is 5.08. The number of hydrogen-bond acceptors (Lipinski definition) is 1. The largest absolute Gasteiger partial charge is 0.327 e. The van der Waals surface area contributed by atoms with Crippen molar-refractivity contribution in [2.24, 2.45) is 5.73 Å². The standard InChI is InChI=1S/C5H9N.2C2H6/c1-2-3-4-5-6;2*1-2/h2-4H,1,5-6H2;2*1-2H3/b4-3+;;. The molecule has 0 rings (SSSR count). The quantitative estimate of drug-likeness (QED) is 0.591. The predicted molar refractivity (Wildman–Crippen MR) is 51.1 cm³/mol. The third kappa shape index (κ3) is 51.8. The molecule has 0 atom stereocenters. The highest BCUT2D eigenvalue weighted by Gasteiger charge is 1.54. The second-order valence-electron chi connectivity index (χ2n) is 0.900. The summed E-state index contributed by atoms with van der Waals surface area (Å²) in [5.74, 6) is 0. The Balaban J connectivity index is -0.000000105. The molecule has 1 heteroatoms.